The van der Waals surface area contributed by atoms with Gasteiger partial charge in [-0.2, -0.15) is 0 Å². The lowest BCUT2D eigenvalue weighted by Crippen LogP contribution is -2.11. The molecule has 0 aliphatic rings. The Bertz CT molecular complexity index is 1210. The van der Waals surface area contributed by atoms with E-state index in [4.69, 9.17) is 9.15 Å². The Hall–Kier alpha value is -3.33. The summed E-state index contributed by atoms with van der Waals surface area (Å²) in [6.07, 6.45) is 0. The minimum absolute atomic E-state index is 0.0137. The van der Waals surface area contributed by atoms with Crippen molar-refractivity contribution in [2.75, 3.05) is 7.11 Å². The van der Waals surface area contributed by atoms with Crippen molar-refractivity contribution in [1.82, 2.24) is 0 Å². The first-order chi connectivity index (χ1) is 13.8. The van der Waals surface area contributed by atoms with Crippen LogP contribution in [-0.4, -0.2) is 7.11 Å². The molecule has 0 aliphatic carbocycles. The van der Waals surface area contributed by atoms with Gasteiger partial charge in [-0.15, -0.1) is 0 Å². The highest BCUT2D eigenvalue weighted by Gasteiger charge is 2.16. The van der Waals surface area contributed by atoms with Crippen LogP contribution < -0.4 is 10.4 Å². The van der Waals surface area contributed by atoms with Crippen molar-refractivity contribution in [3.05, 3.63) is 88.8 Å². The maximum absolute atomic E-state index is 12.1. The maximum Gasteiger partial charge on any atom is 0.336 e. The molecule has 0 amide bonds. The third kappa shape index (κ3) is 3.81. The molecule has 0 saturated carbocycles. The molecular weight excluding hydrogens is 360 g/mol. The van der Waals surface area contributed by atoms with Crippen LogP contribution in [-0.2, 0) is 5.41 Å². The monoisotopic (exact) mass is 384 g/mol. The zero-order valence-electron chi connectivity index (χ0n) is 17.2. The SMILES string of the molecule is COc1ccc(-c2ccc(-c3cc(=O)oc4ccc(C(C)(C)C)cc34)cc2)cc1. The number of hydrogen-bond donors (Lipinski definition) is 0. The highest BCUT2D eigenvalue weighted by molar-refractivity contribution is 5.94. The summed E-state index contributed by atoms with van der Waals surface area (Å²) in [5.74, 6) is 0.836. The minimum atomic E-state index is -0.338. The second-order valence-electron chi connectivity index (χ2n) is 8.25. The van der Waals surface area contributed by atoms with Gasteiger partial charge < -0.3 is 9.15 Å². The number of fused-ring (bicyclic) bond motifs is 1. The van der Waals surface area contributed by atoms with Crippen LogP contribution in [0.5, 0.6) is 5.75 Å². The topological polar surface area (TPSA) is 39.4 Å². The number of hydrogen-bond acceptors (Lipinski definition) is 3. The Kier molecular flexibility index (Phi) is 4.75. The van der Waals surface area contributed by atoms with Gasteiger partial charge in [-0.25, -0.2) is 4.79 Å². The molecule has 3 aromatic carbocycles. The van der Waals surface area contributed by atoms with Gasteiger partial charge in [0.2, 0.25) is 0 Å². The summed E-state index contributed by atoms with van der Waals surface area (Å²) < 4.78 is 10.7. The number of benzene rings is 3. The Labute approximate surface area is 170 Å². The molecule has 1 heterocycles. The Morgan fingerprint density at radius 2 is 1.34 bits per heavy atom. The summed E-state index contributed by atoms with van der Waals surface area (Å²) in [5, 5.41) is 0.953. The third-order valence-corrected chi connectivity index (χ3v) is 5.23. The van der Waals surface area contributed by atoms with E-state index in [0.29, 0.717) is 5.58 Å². The number of ether oxygens (including phenoxy) is 1. The minimum Gasteiger partial charge on any atom is -0.497 e. The van der Waals surface area contributed by atoms with E-state index in [1.54, 1.807) is 13.2 Å². The van der Waals surface area contributed by atoms with Gasteiger partial charge in [-0.1, -0.05) is 63.2 Å². The zero-order chi connectivity index (χ0) is 20.6. The molecule has 0 saturated heterocycles. The van der Waals surface area contributed by atoms with Crippen LogP contribution in [0.2, 0.25) is 0 Å². The van der Waals surface area contributed by atoms with Gasteiger partial charge in [-0.05, 0) is 57.5 Å². The van der Waals surface area contributed by atoms with Crippen LogP contribution >= 0.6 is 0 Å². The quantitative estimate of drug-likeness (QED) is 0.382. The lowest BCUT2D eigenvalue weighted by Gasteiger charge is -2.19. The largest absolute Gasteiger partial charge is 0.497 e. The molecule has 0 spiro atoms. The highest BCUT2D eigenvalue weighted by atomic mass is 16.5. The maximum atomic E-state index is 12.1. The van der Waals surface area contributed by atoms with Crippen LogP contribution in [0.4, 0.5) is 0 Å². The fourth-order valence-corrected chi connectivity index (χ4v) is 3.49. The van der Waals surface area contributed by atoms with Crippen molar-refractivity contribution in [2.45, 2.75) is 26.2 Å². The van der Waals surface area contributed by atoms with Crippen molar-refractivity contribution >= 4 is 11.0 Å². The smallest absolute Gasteiger partial charge is 0.336 e. The summed E-state index contributed by atoms with van der Waals surface area (Å²) in [7, 11) is 1.66. The Balaban J connectivity index is 1.80. The van der Waals surface area contributed by atoms with Crippen LogP contribution in [0.15, 0.2) is 82.0 Å². The average Bonchev–Trinajstić information content (AvgIpc) is 2.72. The molecule has 4 rings (SSSR count). The molecule has 1 aromatic heterocycles. The van der Waals surface area contributed by atoms with E-state index >= 15 is 0 Å². The van der Waals surface area contributed by atoms with Gasteiger partial charge in [0.05, 0.1) is 7.11 Å². The highest BCUT2D eigenvalue weighted by Crippen LogP contribution is 2.33. The van der Waals surface area contributed by atoms with E-state index < -0.39 is 0 Å². The van der Waals surface area contributed by atoms with Crippen LogP contribution in [0.3, 0.4) is 0 Å². The average molecular weight is 384 g/mol. The molecule has 29 heavy (non-hydrogen) atoms. The summed E-state index contributed by atoms with van der Waals surface area (Å²) in [5.41, 5.74) is 5.60. The first kappa shape index (κ1) is 19.0. The molecule has 0 radical (unpaired) electrons. The Morgan fingerprint density at radius 3 is 1.93 bits per heavy atom. The van der Waals surface area contributed by atoms with E-state index in [-0.39, 0.29) is 11.0 Å². The van der Waals surface area contributed by atoms with Gasteiger partial charge in [0.25, 0.3) is 0 Å². The standard InChI is InChI=1S/C26H24O3/c1-26(2,3)20-11-14-24-23(15-20)22(16-25(27)29-24)19-7-5-17(6-8-19)18-9-12-21(28-4)13-10-18/h5-16H,1-4H3. The normalized spacial score (nSPS) is 11.6. The van der Waals surface area contributed by atoms with E-state index in [1.165, 1.54) is 5.56 Å². The molecular formula is C26H24O3. The van der Waals surface area contributed by atoms with Gasteiger partial charge >= 0.3 is 5.63 Å². The predicted molar refractivity (Wildman–Crippen MR) is 119 cm³/mol. The van der Waals surface area contributed by atoms with E-state index in [1.807, 2.05) is 36.4 Å². The van der Waals surface area contributed by atoms with E-state index in [0.717, 1.165) is 33.4 Å². The van der Waals surface area contributed by atoms with Crippen LogP contribution in [0.1, 0.15) is 26.3 Å². The molecule has 0 fully saturated rings. The van der Waals surface area contributed by atoms with Crippen molar-refractivity contribution < 1.29 is 9.15 Å². The van der Waals surface area contributed by atoms with Crippen LogP contribution in [0, 0.1) is 0 Å². The molecule has 0 unspecified atom stereocenters. The van der Waals surface area contributed by atoms with Crippen molar-refractivity contribution in [3.63, 3.8) is 0 Å². The van der Waals surface area contributed by atoms with Crippen molar-refractivity contribution in [2.24, 2.45) is 0 Å². The summed E-state index contributed by atoms with van der Waals surface area (Å²) in [6, 6.07) is 23.9. The molecule has 0 atom stereocenters. The predicted octanol–water partition coefficient (Wildman–Crippen LogP) is 6.43. The molecule has 4 aromatic rings. The molecule has 146 valence electrons. The molecule has 0 aliphatic heterocycles. The van der Waals surface area contributed by atoms with Gasteiger partial charge in [-0.3, -0.25) is 0 Å². The third-order valence-electron chi connectivity index (χ3n) is 5.23. The van der Waals surface area contributed by atoms with Gasteiger partial charge in [0.1, 0.15) is 11.3 Å². The van der Waals surface area contributed by atoms with Crippen molar-refractivity contribution in [1.29, 1.82) is 0 Å². The van der Waals surface area contributed by atoms with Gasteiger partial charge in [0, 0.05) is 11.5 Å². The van der Waals surface area contributed by atoms with Crippen molar-refractivity contribution in [3.8, 4) is 28.0 Å². The van der Waals surface area contributed by atoms with E-state index in [9.17, 15) is 4.79 Å². The first-order valence-corrected chi connectivity index (χ1v) is 9.68. The van der Waals surface area contributed by atoms with Crippen LogP contribution in [0.25, 0.3) is 33.2 Å². The lowest BCUT2D eigenvalue weighted by molar-refractivity contribution is 0.415. The summed E-state index contributed by atoms with van der Waals surface area (Å²) >= 11 is 0. The Morgan fingerprint density at radius 1 is 0.759 bits per heavy atom. The van der Waals surface area contributed by atoms with Gasteiger partial charge in [0.15, 0.2) is 0 Å². The van der Waals surface area contributed by atoms with E-state index in [2.05, 4.69) is 51.1 Å². The first-order valence-electron chi connectivity index (χ1n) is 9.68. The molecule has 0 bridgehead atoms. The molecule has 3 nitrogen and oxygen atoms in total. The fourth-order valence-electron chi connectivity index (χ4n) is 3.49. The second kappa shape index (κ2) is 7.25. The molecule has 0 N–H and O–H groups in total. The lowest BCUT2D eigenvalue weighted by atomic mass is 9.85. The molecule has 3 heteroatoms. The fraction of sp³-hybridized carbons (Fsp3) is 0.192. The summed E-state index contributed by atoms with van der Waals surface area (Å²) in [6.45, 7) is 6.53. The number of methoxy groups -OCH3 is 1. The zero-order valence-corrected chi connectivity index (χ0v) is 17.2. The number of rotatable bonds is 3. The summed E-state index contributed by atoms with van der Waals surface area (Å²) in [4.78, 5) is 12.1. The second-order valence-corrected chi connectivity index (χ2v) is 8.25.